The van der Waals surface area contributed by atoms with Gasteiger partial charge in [-0.1, -0.05) is 12.1 Å². The zero-order valence-electron chi connectivity index (χ0n) is 23.2. The number of imidazole rings is 1. The summed E-state index contributed by atoms with van der Waals surface area (Å²) in [5.74, 6) is 0.831. The van der Waals surface area contributed by atoms with Crippen LogP contribution in [-0.4, -0.2) is 62.3 Å². The number of hydrogen-bond acceptors (Lipinski definition) is 5. The van der Waals surface area contributed by atoms with Gasteiger partial charge in [-0.25, -0.2) is 9.78 Å². The second-order valence-corrected chi connectivity index (χ2v) is 11.8. The number of piperidine rings is 1. The first-order chi connectivity index (χ1) is 18.6. The minimum absolute atomic E-state index is 0.0485. The van der Waals surface area contributed by atoms with Crippen molar-refractivity contribution in [3.63, 3.8) is 0 Å². The summed E-state index contributed by atoms with van der Waals surface area (Å²) in [6, 6.07) is 14.4. The zero-order valence-corrected chi connectivity index (χ0v) is 23.2. The van der Waals surface area contributed by atoms with Gasteiger partial charge >= 0.3 is 6.09 Å². The molecule has 2 aromatic carbocycles. The minimum Gasteiger partial charge on any atom is -0.444 e. The third kappa shape index (κ3) is 4.60. The molecule has 2 atom stereocenters. The van der Waals surface area contributed by atoms with Crippen LogP contribution in [0.3, 0.4) is 0 Å². The average molecular weight is 529 g/mol. The molecule has 2 aromatic heterocycles. The lowest BCUT2D eigenvalue weighted by atomic mass is 10.0. The maximum Gasteiger partial charge on any atom is 0.407 e. The van der Waals surface area contributed by atoms with E-state index in [-0.39, 0.29) is 18.0 Å². The first-order valence-electron chi connectivity index (χ1n) is 13.7. The maximum absolute atomic E-state index is 13.5. The monoisotopic (exact) mass is 528 g/mol. The van der Waals surface area contributed by atoms with Crippen molar-refractivity contribution in [2.75, 3.05) is 25.0 Å². The van der Waals surface area contributed by atoms with Crippen molar-refractivity contribution in [1.29, 1.82) is 0 Å². The van der Waals surface area contributed by atoms with Crippen LogP contribution in [-0.2, 0) is 11.8 Å². The molecule has 1 unspecified atom stereocenters. The number of hydrogen-bond donors (Lipinski definition) is 2. The van der Waals surface area contributed by atoms with Gasteiger partial charge in [0.15, 0.2) is 5.82 Å². The summed E-state index contributed by atoms with van der Waals surface area (Å²) in [6.45, 7) is 9.71. The molecule has 0 spiro atoms. The van der Waals surface area contributed by atoms with E-state index in [1.807, 2.05) is 50.9 Å². The van der Waals surface area contributed by atoms with Crippen molar-refractivity contribution in [3.05, 3.63) is 48.0 Å². The van der Waals surface area contributed by atoms with Gasteiger partial charge in [0.25, 0.3) is 5.91 Å². The lowest BCUT2D eigenvalue weighted by molar-refractivity contribution is 0.0452. The predicted octanol–water partition coefficient (Wildman–Crippen LogP) is 5.31. The molecule has 6 rings (SSSR count). The number of anilines is 1. The van der Waals surface area contributed by atoms with Crippen LogP contribution in [0.5, 0.6) is 0 Å². The summed E-state index contributed by atoms with van der Waals surface area (Å²) in [7, 11) is 2.03. The van der Waals surface area contributed by atoms with Crippen LogP contribution in [0, 0.1) is 0 Å². The van der Waals surface area contributed by atoms with E-state index in [0.29, 0.717) is 18.7 Å². The van der Waals surface area contributed by atoms with Crippen LogP contribution >= 0.6 is 0 Å². The Hall–Kier alpha value is -4.01. The number of carbonyl (C=O) groups excluding carboxylic acids is 2. The number of likely N-dealkylation sites (tertiary alicyclic amines) is 1. The number of amides is 2. The van der Waals surface area contributed by atoms with Crippen molar-refractivity contribution in [2.24, 2.45) is 7.05 Å². The Morgan fingerprint density at radius 2 is 1.97 bits per heavy atom. The van der Waals surface area contributed by atoms with Crippen LogP contribution in [0.2, 0.25) is 0 Å². The number of aromatic nitrogens is 3. The quantitative estimate of drug-likeness (QED) is 0.376. The molecule has 0 aliphatic carbocycles. The maximum atomic E-state index is 13.5. The van der Waals surface area contributed by atoms with Crippen LogP contribution < -0.4 is 10.6 Å². The van der Waals surface area contributed by atoms with Crippen molar-refractivity contribution >= 4 is 39.6 Å². The lowest BCUT2D eigenvalue weighted by Gasteiger charge is -2.33. The largest absolute Gasteiger partial charge is 0.444 e. The van der Waals surface area contributed by atoms with E-state index in [2.05, 4.69) is 51.0 Å². The summed E-state index contributed by atoms with van der Waals surface area (Å²) in [5.41, 5.74) is 5.23. The van der Waals surface area contributed by atoms with E-state index in [1.54, 1.807) is 0 Å². The highest BCUT2D eigenvalue weighted by atomic mass is 16.6. The van der Waals surface area contributed by atoms with E-state index in [9.17, 15) is 9.59 Å². The second kappa shape index (κ2) is 9.32. The van der Waals surface area contributed by atoms with Crippen molar-refractivity contribution in [1.82, 2.24) is 24.3 Å². The number of nitrogens with one attached hydrogen (secondary N) is 2. The highest BCUT2D eigenvalue weighted by Gasteiger charge is 2.28. The molecule has 2 amide bonds. The molecule has 2 aliphatic rings. The van der Waals surface area contributed by atoms with Crippen molar-refractivity contribution in [3.8, 4) is 11.5 Å². The van der Waals surface area contributed by atoms with Gasteiger partial charge in [-0.05, 0) is 70.9 Å². The summed E-state index contributed by atoms with van der Waals surface area (Å²) < 4.78 is 9.89. The fraction of sp³-hybridized carbons (Fsp3) is 0.433. The first kappa shape index (κ1) is 25.3. The molecule has 1 fully saturated rings. The number of ether oxygens (including phenoxy) is 1. The molecule has 2 N–H and O–H groups in total. The molecule has 39 heavy (non-hydrogen) atoms. The molecule has 9 nitrogen and oxygen atoms in total. The summed E-state index contributed by atoms with van der Waals surface area (Å²) in [4.78, 5) is 32.6. The molecule has 0 saturated carbocycles. The highest BCUT2D eigenvalue weighted by molar-refractivity contribution is 5.99. The molecular weight excluding hydrogens is 492 g/mol. The summed E-state index contributed by atoms with van der Waals surface area (Å²) in [6.07, 6.45) is 1.19. The second-order valence-electron chi connectivity index (χ2n) is 11.8. The van der Waals surface area contributed by atoms with E-state index in [0.717, 1.165) is 47.6 Å². The number of carbonyl (C=O) groups is 2. The minimum atomic E-state index is -0.562. The van der Waals surface area contributed by atoms with Crippen LogP contribution in [0.1, 0.15) is 56.9 Å². The van der Waals surface area contributed by atoms with Gasteiger partial charge in [-0.3, -0.25) is 4.79 Å². The van der Waals surface area contributed by atoms with Gasteiger partial charge in [0.1, 0.15) is 5.60 Å². The number of nitrogens with zero attached hydrogens (tertiary/aromatic N) is 4. The van der Waals surface area contributed by atoms with Crippen molar-refractivity contribution < 1.29 is 14.3 Å². The van der Waals surface area contributed by atoms with Crippen LogP contribution in [0.4, 0.5) is 10.5 Å². The number of para-hydroxylation sites is 1. The third-order valence-electron chi connectivity index (χ3n) is 7.67. The van der Waals surface area contributed by atoms with Crippen LogP contribution in [0.15, 0.2) is 42.5 Å². The van der Waals surface area contributed by atoms with Gasteiger partial charge in [0.2, 0.25) is 0 Å². The van der Waals surface area contributed by atoms with E-state index in [1.165, 1.54) is 10.9 Å². The fourth-order valence-electron chi connectivity index (χ4n) is 5.90. The standard InChI is InChI=1S/C30H36N6O3/c1-18-16-31-22-10-6-8-19-15-25(36(18)26(19)22)27-33-23-14-20(11-12-24(23)34(27)5)28(37)35-13-7-9-21(17-35)32-29(38)39-30(2,3)4/h6,8,10-12,14-15,18,21,31H,7,9,13,16-17H2,1-5H3,(H,32,38)/t18?,21-/m1/s1. The fourth-order valence-corrected chi connectivity index (χ4v) is 5.90. The van der Waals surface area contributed by atoms with Gasteiger partial charge in [0, 0.05) is 49.7 Å². The molecule has 0 radical (unpaired) electrons. The Morgan fingerprint density at radius 3 is 2.77 bits per heavy atom. The Morgan fingerprint density at radius 1 is 1.15 bits per heavy atom. The molecule has 4 aromatic rings. The third-order valence-corrected chi connectivity index (χ3v) is 7.67. The first-order valence-corrected chi connectivity index (χ1v) is 13.7. The average Bonchev–Trinajstić information content (AvgIpc) is 3.43. The van der Waals surface area contributed by atoms with E-state index in [4.69, 9.17) is 9.72 Å². The normalized spacial score (nSPS) is 19.3. The van der Waals surface area contributed by atoms with Gasteiger partial charge in [-0.15, -0.1) is 0 Å². The van der Waals surface area contributed by atoms with Crippen molar-refractivity contribution in [2.45, 2.75) is 58.2 Å². The molecular formula is C30H36N6O3. The molecule has 0 bridgehead atoms. The Balaban J connectivity index is 1.27. The Bertz CT molecular complexity index is 1590. The lowest BCUT2D eigenvalue weighted by Crippen LogP contribution is -2.50. The Kier molecular flexibility index (Phi) is 6.04. The molecule has 4 heterocycles. The number of alkyl carbamates (subject to hydrolysis) is 1. The number of aryl methyl sites for hydroxylation is 1. The summed E-state index contributed by atoms with van der Waals surface area (Å²) in [5, 5.41) is 7.65. The molecule has 1 saturated heterocycles. The zero-order chi connectivity index (χ0) is 27.5. The van der Waals surface area contributed by atoms with Gasteiger partial charge < -0.3 is 29.4 Å². The van der Waals surface area contributed by atoms with E-state index >= 15 is 0 Å². The topological polar surface area (TPSA) is 93.4 Å². The molecule has 204 valence electrons. The van der Waals surface area contributed by atoms with E-state index < -0.39 is 11.7 Å². The highest BCUT2D eigenvalue weighted by Crippen LogP contribution is 2.38. The number of rotatable bonds is 3. The smallest absolute Gasteiger partial charge is 0.407 e. The molecule has 9 heteroatoms. The predicted molar refractivity (Wildman–Crippen MR) is 153 cm³/mol. The number of benzene rings is 2. The van der Waals surface area contributed by atoms with Gasteiger partial charge in [-0.2, -0.15) is 0 Å². The SMILES string of the molecule is CC1CNc2cccc3cc(-c4nc5cc(C(=O)N6CCC[C@@H](NC(=O)OC(C)(C)C)C6)ccc5n4C)n1c23. The number of fused-ring (bicyclic) bond motifs is 1. The molecule has 2 aliphatic heterocycles. The van der Waals surface area contributed by atoms with Crippen LogP contribution in [0.25, 0.3) is 33.5 Å². The van der Waals surface area contributed by atoms with Gasteiger partial charge in [0.05, 0.1) is 27.9 Å². The Labute approximate surface area is 228 Å². The summed E-state index contributed by atoms with van der Waals surface area (Å²) >= 11 is 0.